The van der Waals surface area contributed by atoms with E-state index in [9.17, 15) is 47.9 Å². The van der Waals surface area contributed by atoms with Crippen molar-refractivity contribution in [3.8, 4) is 118 Å². The lowest BCUT2D eigenvalue weighted by Gasteiger charge is -2.37. The van der Waals surface area contributed by atoms with Crippen molar-refractivity contribution >= 4 is 57.8 Å². The third kappa shape index (κ3) is 67.8. The molecular weight excluding hydrogens is 1680 g/mol. The van der Waals surface area contributed by atoms with E-state index in [1.54, 1.807) is 6.92 Å². The Bertz CT molecular complexity index is 4140. The minimum atomic E-state index is -0.251. The highest BCUT2D eigenvalue weighted by atomic mass is 16.2. The molecule has 4 heterocycles. The molecule has 5 atom stereocenters. The predicted molar refractivity (Wildman–Crippen MR) is 572 cm³/mol. The zero-order valence-electron chi connectivity index (χ0n) is 92.4. The predicted octanol–water partition coefficient (Wildman–Crippen LogP) is 18.4. The summed E-state index contributed by atoms with van der Waals surface area (Å²) in [6, 6.07) is 3.08. The summed E-state index contributed by atoms with van der Waals surface area (Å²) in [4.78, 5) is 132. The molecule has 5 rings (SSSR count). The minimum absolute atomic E-state index is 0. The lowest BCUT2D eigenvalue weighted by atomic mass is 9.98. The number of rotatable bonds is 21. The number of ketones is 10. The highest BCUT2D eigenvalue weighted by Gasteiger charge is 2.35. The van der Waals surface area contributed by atoms with Crippen molar-refractivity contribution in [1.29, 1.82) is 0 Å². The average Bonchev–Trinajstić information content (AvgIpc) is 1.68. The molecule has 19 nitrogen and oxygen atoms in total. The van der Waals surface area contributed by atoms with E-state index in [2.05, 4.69) is 215 Å². The number of Topliss-reactive ketones (excluding diaryl/α,β-unsaturated/α-hetero) is 10. The maximum atomic E-state index is 11.4. The Morgan fingerprint density at radius 2 is 0.681 bits per heavy atom. The van der Waals surface area contributed by atoms with Gasteiger partial charge >= 0.3 is 0 Å². The lowest BCUT2D eigenvalue weighted by Crippen LogP contribution is -2.44. The van der Waals surface area contributed by atoms with Gasteiger partial charge in [0.1, 0.15) is 0 Å². The van der Waals surface area contributed by atoms with Gasteiger partial charge in [-0.2, -0.15) is 0 Å². The second-order valence-electron chi connectivity index (χ2n) is 41.3. The summed E-state index contributed by atoms with van der Waals surface area (Å²) in [7, 11) is 18.0. The van der Waals surface area contributed by atoms with Crippen molar-refractivity contribution in [1.82, 2.24) is 44.1 Å². The Labute approximate surface area is 830 Å². The lowest BCUT2D eigenvalue weighted by molar-refractivity contribution is -0.117. The van der Waals surface area contributed by atoms with Crippen LogP contribution in [0.5, 0.6) is 0 Å². The molecule has 5 fully saturated rings. The third-order valence-electron chi connectivity index (χ3n) is 23.2. The molecule has 19 heteroatoms. The standard InChI is InChI=1S/C14H23NO.C13H21NO.2C13H23NO.C12H19NO.C11H17NO.C11H19NO.C10H15NO.C10H17NO.C7H10O.2CH4/c1-11(2)14(16)9-6-10-15-12(3)7-5-8-13(15)4;1-10(2)12(15)8-9-13(3,4)14(5)11-6-7-11;1-10(2)12(15)8-9-13(5,6)14(7)11(3)4;1-7-10-14(6)13(4,5)9-8-12(15)11(2)3;1-11(2)12(14)7-6-10-13-8-4-3-5-9-13;1-9(2)11(13)7-6-10-5-4-8-12(10)3;1-9(2)10(13)7-8-11(3,4)12(5)6;1-8(2)10(12)5-4-9-6-7-11(9)3;1-8(2)10(12)7-6-9(3)11(4)5;1-4-5-7(8)6(2)3;;/h11-13H,5,7-8,10H2,1-4H3;10-11H,6-7H2,1-5H3;10-11H,1-7H3;11H,7,10H2,1-6H3;11H,3-5,8-10H2,1-2H3;9-10H,4-5,8H2,1-3H3;9H,1-6H3;8-9H,6-7H2,1-3H3;8-9H,1-5H3;6H,1-3H3;2*1H4. The van der Waals surface area contributed by atoms with Gasteiger partial charge in [-0.25, -0.2) is 0 Å². The van der Waals surface area contributed by atoms with Crippen molar-refractivity contribution < 1.29 is 47.9 Å². The SMILES string of the molecule is C.C.CC#CC(=O)C(C)C.CC(C)C(=O)C#CC(C)(C)N(C)C.CC(C)C(=O)C#CC(C)(C)N(C)C(C)C.CC(C)C(=O)C#CC(C)(C)N(C)C1CC1.CC(C)C(=O)C#CC(C)N(C)C.CC(C)C(=O)C#CC1CCCN1C.CC(C)C(=O)C#CC1CCN1C.CC(C)C(=O)C#CCN1C(C)CCCC1C.CC(C)C(=O)C#CCN1CCCCC1.CCCN(C)C(C)(C)C#CC(=O)C(C)C. The van der Waals surface area contributed by atoms with Gasteiger partial charge in [0, 0.05) is 89.9 Å². The number of nitrogens with zero attached hydrogens (tertiary/aromatic N) is 9. The first-order valence-electron chi connectivity index (χ1n) is 49.0. The van der Waals surface area contributed by atoms with Crippen LogP contribution in [0.1, 0.15) is 334 Å². The van der Waals surface area contributed by atoms with E-state index < -0.39 is 0 Å². The molecule has 0 N–H and O–H groups in total. The van der Waals surface area contributed by atoms with Crippen LogP contribution < -0.4 is 0 Å². The number of likely N-dealkylation sites (tertiary alicyclic amines) is 4. The number of carbonyl (C=O) groups is 10. The Morgan fingerprint density at radius 1 is 0.356 bits per heavy atom. The van der Waals surface area contributed by atoms with Gasteiger partial charge in [-0.15, -0.1) is 0 Å². The van der Waals surface area contributed by atoms with E-state index in [0.717, 1.165) is 65.1 Å². The van der Waals surface area contributed by atoms with Crippen molar-refractivity contribution in [3.05, 3.63) is 0 Å². The van der Waals surface area contributed by atoms with E-state index in [-0.39, 0.29) is 160 Å². The molecule has 5 aliphatic rings. The van der Waals surface area contributed by atoms with Gasteiger partial charge in [-0.3, -0.25) is 92.0 Å². The number of carbonyl (C=O) groups excluding carboxylic acids is 10. The minimum Gasteiger partial charge on any atom is -0.296 e. The molecule has 0 bridgehead atoms. The van der Waals surface area contributed by atoms with Crippen LogP contribution in [0.15, 0.2) is 0 Å². The molecule has 0 radical (unpaired) electrons. The second kappa shape index (κ2) is 74.0. The highest BCUT2D eigenvalue weighted by Crippen LogP contribution is 2.31. The molecule has 1 saturated carbocycles. The maximum Gasteiger partial charge on any atom is 0.208 e. The smallest absolute Gasteiger partial charge is 0.208 e. The second-order valence-corrected chi connectivity index (χ2v) is 41.3. The van der Waals surface area contributed by atoms with Crippen LogP contribution >= 0.6 is 0 Å². The summed E-state index contributed by atoms with van der Waals surface area (Å²) in [5.74, 6) is 57.0. The summed E-state index contributed by atoms with van der Waals surface area (Å²) >= 11 is 0. The molecule has 4 aliphatic heterocycles. The summed E-state index contributed by atoms with van der Waals surface area (Å²) in [6.07, 6.45) is 14.8. The zero-order valence-corrected chi connectivity index (χ0v) is 92.4. The van der Waals surface area contributed by atoms with E-state index in [4.69, 9.17) is 0 Å². The van der Waals surface area contributed by atoms with E-state index in [1.165, 1.54) is 57.8 Å². The van der Waals surface area contributed by atoms with Crippen LogP contribution in [0.4, 0.5) is 0 Å². The van der Waals surface area contributed by atoms with Gasteiger partial charge in [-0.05, 0) is 310 Å². The fourth-order valence-corrected chi connectivity index (χ4v) is 10.8. The number of hydrogen-bond donors (Lipinski definition) is 0. The monoisotopic (exact) mass is 1870 g/mol. The van der Waals surface area contributed by atoms with Crippen LogP contribution in [-0.2, 0) is 47.9 Å². The molecule has 0 aromatic rings. The normalized spacial score (nSPS) is 16.3. The molecule has 0 amide bonds. The van der Waals surface area contributed by atoms with Crippen LogP contribution in [0.3, 0.4) is 0 Å². The Kier molecular flexibility index (Phi) is 76.8. The Morgan fingerprint density at radius 3 is 0.985 bits per heavy atom. The number of piperidine rings is 2. The number of hydrogen-bond acceptors (Lipinski definition) is 19. The average molecular weight is 1880 g/mol. The van der Waals surface area contributed by atoms with Crippen molar-refractivity contribution in [3.63, 3.8) is 0 Å². The van der Waals surface area contributed by atoms with Gasteiger partial charge in [0.15, 0.2) is 0 Å². The molecule has 135 heavy (non-hydrogen) atoms. The van der Waals surface area contributed by atoms with Crippen LogP contribution in [0, 0.1) is 178 Å². The Hall–Kier alpha value is -8.06. The molecular formula is C116H195N9O10. The molecule has 4 saturated heterocycles. The molecule has 0 aromatic carbocycles. The molecule has 0 spiro atoms. The van der Waals surface area contributed by atoms with Crippen LogP contribution in [-0.4, -0.2) is 276 Å². The Balaban J connectivity index is -0.000000270. The summed E-state index contributed by atoms with van der Waals surface area (Å²) in [5.41, 5.74) is -0.893. The fraction of sp³-hybridized carbons (Fsp3) is 0.741. The van der Waals surface area contributed by atoms with E-state index in [0.29, 0.717) is 36.3 Å². The van der Waals surface area contributed by atoms with E-state index >= 15 is 0 Å². The van der Waals surface area contributed by atoms with Crippen molar-refractivity contribution in [2.24, 2.45) is 59.2 Å². The molecule has 764 valence electrons. The fourth-order valence-electron chi connectivity index (χ4n) is 10.8. The molecule has 5 unspecified atom stereocenters. The van der Waals surface area contributed by atoms with Crippen LogP contribution in [0.2, 0.25) is 0 Å². The molecule has 1 aliphatic carbocycles. The summed E-state index contributed by atoms with van der Waals surface area (Å²) in [6.45, 7) is 75.3. The van der Waals surface area contributed by atoms with Crippen LogP contribution in [0.25, 0.3) is 0 Å². The van der Waals surface area contributed by atoms with Gasteiger partial charge in [0.25, 0.3) is 0 Å². The quantitative estimate of drug-likeness (QED) is 0.0775. The molecule has 0 aromatic heterocycles. The first-order valence-corrected chi connectivity index (χ1v) is 49.0. The van der Waals surface area contributed by atoms with Gasteiger partial charge < -0.3 is 0 Å². The van der Waals surface area contributed by atoms with Gasteiger partial charge in [0.05, 0.1) is 53.4 Å². The van der Waals surface area contributed by atoms with Crippen molar-refractivity contribution in [2.45, 2.75) is 399 Å². The third-order valence-corrected chi connectivity index (χ3v) is 23.2. The summed E-state index contributed by atoms with van der Waals surface area (Å²) < 4.78 is 0. The van der Waals surface area contributed by atoms with E-state index in [1.807, 2.05) is 246 Å². The van der Waals surface area contributed by atoms with Gasteiger partial charge in [-0.1, -0.05) is 232 Å². The highest BCUT2D eigenvalue weighted by molar-refractivity contribution is 6.00. The van der Waals surface area contributed by atoms with Gasteiger partial charge in [0.2, 0.25) is 57.8 Å². The first-order chi connectivity index (χ1) is 61.2. The maximum absolute atomic E-state index is 11.4. The zero-order chi connectivity index (χ0) is 104. The summed E-state index contributed by atoms with van der Waals surface area (Å²) in [5, 5.41) is 0. The van der Waals surface area contributed by atoms with Crippen molar-refractivity contribution in [2.75, 3.05) is 109 Å². The topological polar surface area (TPSA) is 200 Å². The first kappa shape index (κ1) is 140. The largest absolute Gasteiger partial charge is 0.296 e.